The second-order valence-electron chi connectivity index (χ2n) is 11.5. The van der Waals surface area contributed by atoms with Crippen LogP contribution in [-0.2, 0) is 23.9 Å². The summed E-state index contributed by atoms with van der Waals surface area (Å²) >= 11 is 0. The first-order valence-electron chi connectivity index (χ1n) is 15.5. The van der Waals surface area contributed by atoms with Crippen LogP contribution in [0.5, 0.6) is 5.75 Å². The number of nitrogens with two attached hydrogens (primary N) is 1. The van der Waals surface area contributed by atoms with Crippen molar-refractivity contribution in [2.45, 2.75) is 70.8 Å². The second kappa shape index (κ2) is 15.0. The first kappa shape index (κ1) is 33.5. The average Bonchev–Trinajstić information content (AvgIpc) is 3.03. The maximum atomic E-state index is 14.1. The van der Waals surface area contributed by atoms with Crippen LogP contribution in [0.4, 0.5) is 4.79 Å². The largest absolute Gasteiger partial charge is 0.481 e. The van der Waals surface area contributed by atoms with Gasteiger partial charge in [-0.25, -0.2) is 9.59 Å². The zero-order chi connectivity index (χ0) is 32.7. The number of aromatic nitrogens is 1. The number of carboxylic acid groups (broad SMARTS) is 1. The molecular formula is C32H42N4O9. The number of hydrogen-bond donors (Lipinski definition) is 2. The lowest BCUT2D eigenvalue weighted by atomic mass is 9.85. The van der Waals surface area contributed by atoms with E-state index in [1.807, 2.05) is 13.0 Å². The number of pyridine rings is 1. The smallest absolute Gasteiger partial charge is 0.409 e. The first-order valence-corrected chi connectivity index (χ1v) is 15.5. The first-order chi connectivity index (χ1) is 21.5. The summed E-state index contributed by atoms with van der Waals surface area (Å²) in [6.07, 6.45) is 2.29. The van der Waals surface area contributed by atoms with Crippen LogP contribution in [-0.4, -0.2) is 95.7 Å². The van der Waals surface area contributed by atoms with Crippen LogP contribution in [0.15, 0.2) is 18.2 Å². The van der Waals surface area contributed by atoms with Gasteiger partial charge in [0.2, 0.25) is 5.91 Å². The summed E-state index contributed by atoms with van der Waals surface area (Å²) in [6.45, 7) is 4.59. The number of benzene rings is 1. The predicted octanol–water partition coefficient (Wildman–Crippen LogP) is 3.39. The van der Waals surface area contributed by atoms with E-state index in [1.54, 1.807) is 19.1 Å². The Bertz CT molecular complexity index is 1430. The predicted molar refractivity (Wildman–Crippen MR) is 163 cm³/mol. The average molecular weight is 627 g/mol. The fourth-order valence-electron chi connectivity index (χ4n) is 6.18. The number of aryl methyl sites for hydroxylation is 1. The van der Waals surface area contributed by atoms with E-state index in [1.165, 1.54) is 16.9 Å². The van der Waals surface area contributed by atoms with Crippen LogP contribution in [0, 0.1) is 12.8 Å². The minimum atomic E-state index is -1.17. The minimum Gasteiger partial charge on any atom is -0.481 e. The van der Waals surface area contributed by atoms with Gasteiger partial charge < -0.3 is 34.9 Å². The minimum absolute atomic E-state index is 0.0121. The fraction of sp³-hybridized carbons (Fsp3) is 0.562. The Morgan fingerprint density at radius 3 is 2.31 bits per heavy atom. The number of rotatable bonds is 11. The SMILES string of the molecule is CCOC(=O)N1CCN(C(=O)C(CCC(=O)O)c2nc3cc(C)ccc3c(OC(C(=O)OC)C3CCCCC3)c2C(N)=O)CC1. The number of aliphatic carboxylic acids is 1. The van der Waals surface area contributed by atoms with Gasteiger partial charge in [0.15, 0.2) is 6.10 Å². The molecule has 244 valence electrons. The Hall–Kier alpha value is -4.42. The van der Waals surface area contributed by atoms with Crippen molar-refractivity contribution in [2.24, 2.45) is 11.7 Å². The topological polar surface area (TPSA) is 179 Å². The highest BCUT2D eigenvalue weighted by Crippen LogP contribution is 2.39. The number of carbonyl (C=O) groups excluding carboxylic acids is 4. The number of carbonyl (C=O) groups is 5. The summed E-state index contributed by atoms with van der Waals surface area (Å²) < 4.78 is 16.6. The van der Waals surface area contributed by atoms with Crippen molar-refractivity contribution in [3.05, 3.63) is 35.0 Å². The van der Waals surface area contributed by atoms with E-state index < -0.39 is 41.9 Å². The molecule has 1 aliphatic carbocycles. The molecule has 0 bridgehead atoms. The van der Waals surface area contributed by atoms with Gasteiger partial charge >= 0.3 is 18.0 Å². The molecule has 4 rings (SSSR count). The molecule has 2 unspecified atom stereocenters. The van der Waals surface area contributed by atoms with E-state index in [0.717, 1.165) is 37.7 Å². The summed E-state index contributed by atoms with van der Waals surface area (Å²) in [7, 11) is 1.28. The summed E-state index contributed by atoms with van der Waals surface area (Å²) in [5.41, 5.74) is 7.04. The molecule has 45 heavy (non-hydrogen) atoms. The Morgan fingerprint density at radius 1 is 1.04 bits per heavy atom. The van der Waals surface area contributed by atoms with Crippen molar-refractivity contribution >= 4 is 40.7 Å². The van der Waals surface area contributed by atoms with Gasteiger partial charge in [-0.3, -0.25) is 19.4 Å². The number of fused-ring (bicyclic) bond motifs is 1. The molecule has 3 N–H and O–H groups in total. The van der Waals surface area contributed by atoms with Gasteiger partial charge in [-0.15, -0.1) is 0 Å². The van der Waals surface area contributed by atoms with Gasteiger partial charge in [-0.1, -0.05) is 25.3 Å². The van der Waals surface area contributed by atoms with E-state index in [0.29, 0.717) is 10.9 Å². The van der Waals surface area contributed by atoms with E-state index in [2.05, 4.69) is 0 Å². The molecule has 1 saturated carbocycles. The highest BCUT2D eigenvalue weighted by Gasteiger charge is 2.38. The highest BCUT2D eigenvalue weighted by atomic mass is 16.6. The lowest BCUT2D eigenvalue weighted by Crippen LogP contribution is -2.52. The molecule has 1 aromatic carbocycles. The zero-order valence-corrected chi connectivity index (χ0v) is 26.1. The van der Waals surface area contributed by atoms with Crippen LogP contribution < -0.4 is 10.5 Å². The van der Waals surface area contributed by atoms with E-state index in [9.17, 15) is 29.1 Å². The fourth-order valence-corrected chi connectivity index (χ4v) is 6.18. The molecule has 1 saturated heterocycles. The normalized spacial score (nSPS) is 17.0. The van der Waals surface area contributed by atoms with Gasteiger partial charge in [0.05, 0.1) is 30.8 Å². The third kappa shape index (κ3) is 7.81. The molecule has 3 amide bonds. The van der Waals surface area contributed by atoms with Gasteiger partial charge in [-0.05, 0) is 50.8 Å². The maximum Gasteiger partial charge on any atom is 0.409 e. The standard InChI is InChI=1S/C32H42N4O9/c1-4-44-32(42)36-16-14-35(15-17-36)30(40)22(12-13-24(37)38)26-25(29(33)39)28(21-11-10-19(2)18-23(21)34-26)45-27(31(41)43-3)20-8-6-5-7-9-20/h10-11,18,20,22,27H,4-9,12-17H2,1-3H3,(H2,33,39)(H,37,38). The molecular weight excluding hydrogens is 584 g/mol. The van der Waals surface area contributed by atoms with Crippen LogP contribution in [0.25, 0.3) is 10.9 Å². The lowest BCUT2D eigenvalue weighted by molar-refractivity contribution is -0.152. The number of nitrogens with zero attached hydrogens (tertiary/aromatic N) is 3. The molecule has 2 fully saturated rings. The molecule has 13 nitrogen and oxygen atoms in total. The molecule has 2 heterocycles. The molecule has 2 aliphatic rings. The summed E-state index contributed by atoms with van der Waals surface area (Å²) in [4.78, 5) is 72.1. The monoisotopic (exact) mass is 626 g/mol. The lowest BCUT2D eigenvalue weighted by Gasteiger charge is -2.36. The van der Waals surface area contributed by atoms with Crippen molar-refractivity contribution < 1.29 is 43.3 Å². The van der Waals surface area contributed by atoms with E-state index in [4.69, 9.17) is 24.9 Å². The number of carboxylic acids is 1. The molecule has 2 aromatic rings. The molecule has 1 aliphatic heterocycles. The summed E-state index contributed by atoms with van der Waals surface area (Å²) in [5, 5.41) is 10.00. The molecule has 13 heteroatoms. The maximum absolute atomic E-state index is 14.1. The van der Waals surface area contributed by atoms with Crippen LogP contribution in [0.1, 0.15) is 79.4 Å². The molecule has 0 spiro atoms. The Labute approximate surface area is 262 Å². The van der Waals surface area contributed by atoms with Crippen molar-refractivity contribution in [1.29, 1.82) is 0 Å². The van der Waals surface area contributed by atoms with Crippen LogP contribution >= 0.6 is 0 Å². The molecule has 2 atom stereocenters. The summed E-state index contributed by atoms with van der Waals surface area (Å²) in [5.74, 6) is -4.41. The van der Waals surface area contributed by atoms with Gasteiger partial charge in [0.1, 0.15) is 11.3 Å². The van der Waals surface area contributed by atoms with Gasteiger partial charge in [-0.2, -0.15) is 0 Å². The quantitative estimate of drug-likeness (QED) is 0.351. The number of amides is 3. The van der Waals surface area contributed by atoms with Crippen molar-refractivity contribution in [1.82, 2.24) is 14.8 Å². The van der Waals surface area contributed by atoms with Crippen molar-refractivity contribution in [2.75, 3.05) is 39.9 Å². The van der Waals surface area contributed by atoms with Crippen molar-refractivity contribution in [3.63, 3.8) is 0 Å². The van der Waals surface area contributed by atoms with Gasteiger partial charge in [0, 0.05) is 43.9 Å². The third-order valence-corrected chi connectivity index (χ3v) is 8.52. The number of piperazine rings is 1. The van der Waals surface area contributed by atoms with Crippen LogP contribution in [0.3, 0.4) is 0 Å². The Balaban J connectivity index is 1.82. The number of primary amides is 1. The van der Waals surface area contributed by atoms with Crippen molar-refractivity contribution in [3.8, 4) is 5.75 Å². The second-order valence-corrected chi connectivity index (χ2v) is 11.5. The number of ether oxygens (including phenoxy) is 3. The van der Waals surface area contributed by atoms with E-state index in [-0.39, 0.29) is 68.6 Å². The highest BCUT2D eigenvalue weighted by molar-refractivity contribution is 6.05. The van der Waals surface area contributed by atoms with Gasteiger partial charge in [0.25, 0.3) is 5.91 Å². The number of methoxy groups -OCH3 is 1. The zero-order valence-electron chi connectivity index (χ0n) is 26.1. The third-order valence-electron chi connectivity index (χ3n) is 8.52. The van der Waals surface area contributed by atoms with E-state index >= 15 is 0 Å². The number of esters is 1. The number of hydrogen-bond acceptors (Lipinski definition) is 9. The Morgan fingerprint density at radius 2 is 1.71 bits per heavy atom. The summed E-state index contributed by atoms with van der Waals surface area (Å²) in [6, 6.07) is 5.30. The van der Waals surface area contributed by atoms with Crippen LogP contribution in [0.2, 0.25) is 0 Å². The molecule has 0 radical (unpaired) electrons. The molecule has 1 aromatic heterocycles. The Kier molecular flexibility index (Phi) is 11.2.